The molecule has 0 bridgehead atoms. The van der Waals surface area contributed by atoms with Gasteiger partial charge >= 0.3 is 0 Å². The fourth-order valence-electron chi connectivity index (χ4n) is 4.27. The number of aromatic nitrogens is 3. The number of amides is 1. The number of ether oxygens (including phenoxy) is 1. The van der Waals surface area contributed by atoms with Crippen LogP contribution in [0, 0.1) is 19.7 Å². The first-order chi connectivity index (χ1) is 14.9. The molecule has 9 heteroatoms. The first kappa shape index (κ1) is 22.5. The molecular formula is C23H27ClFN5O2. The largest absolute Gasteiger partial charge is 0.489 e. The highest BCUT2D eigenvalue weighted by Crippen LogP contribution is 2.33. The van der Waals surface area contributed by atoms with E-state index in [9.17, 15) is 9.18 Å². The SMILES string of the molecule is C.CNC1CC(Oc2cc(F)ccc2C(=O)N2Cc3nn4c(C)c(Cl)c(C)nc4c3C2)C1. The van der Waals surface area contributed by atoms with Gasteiger partial charge in [0.2, 0.25) is 0 Å². The van der Waals surface area contributed by atoms with E-state index in [1.165, 1.54) is 18.2 Å². The molecular weight excluding hydrogens is 433 g/mol. The summed E-state index contributed by atoms with van der Waals surface area (Å²) < 4.78 is 21.6. The average molecular weight is 460 g/mol. The lowest BCUT2D eigenvalue weighted by molar-refractivity contribution is 0.0707. The minimum atomic E-state index is -0.426. The molecule has 1 aromatic carbocycles. The van der Waals surface area contributed by atoms with Gasteiger partial charge in [0.05, 0.1) is 40.8 Å². The quantitative estimate of drug-likeness (QED) is 0.637. The second-order valence-electron chi connectivity index (χ2n) is 8.26. The fraction of sp³-hybridized carbons (Fsp3) is 0.435. The standard InChI is InChI=1S/C22H23ClFN5O2.CH4/c1-11-20(23)12(2)29-21(26-11)17-9-28(10-18(17)27-29)22(30)16-5-4-13(24)6-19(16)31-15-7-14(8-15)25-3;/h4-6,14-15,25H,7-10H2,1-3H3;1H4. The van der Waals surface area contributed by atoms with Crippen molar-refractivity contribution in [2.45, 2.75) is 59.4 Å². The van der Waals surface area contributed by atoms with Gasteiger partial charge in [-0.15, -0.1) is 0 Å². The number of nitrogens with zero attached hydrogens (tertiary/aromatic N) is 4. The molecule has 0 unspecified atom stereocenters. The number of aryl methyl sites for hydroxylation is 2. The van der Waals surface area contributed by atoms with Crippen LogP contribution < -0.4 is 10.1 Å². The summed E-state index contributed by atoms with van der Waals surface area (Å²) in [6, 6.07) is 4.48. The molecule has 0 saturated heterocycles. The fourth-order valence-corrected chi connectivity index (χ4v) is 4.40. The van der Waals surface area contributed by atoms with Crippen molar-refractivity contribution in [3.05, 3.63) is 57.2 Å². The monoisotopic (exact) mass is 459 g/mol. The number of rotatable bonds is 4. The minimum absolute atomic E-state index is 0. The van der Waals surface area contributed by atoms with Crippen molar-refractivity contribution in [2.24, 2.45) is 0 Å². The maximum Gasteiger partial charge on any atom is 0.258 e. The highest BCUT2D eigenvalue weighted by atomic mass is 35.5. The summed E-state index contributed by atoms with van der Waals surface area (Å²) in [6.07, 6.45) is 1.64. The molecule has 1 N–H and O–H groups in total. The lowest BCUT2D eigenvalue weighted by atomic mass is 9.89. The maximum absolute atomic E-state index is 13.9. The van der Waals surface area contributed by atoms with E-state index in [1.54, 1.807) is 9.42 Å². The van der Waals surface area contributed by atoms with Crippen LogP contribution in [-0.4, -0.2) is 44.6 Å². The van der Waals surface area contributed by atoms with E-state index in [2.05, 4.69) is 15.4 Å². The summed E-state index contributed by atoms with van der Waals surface area (Å²) in [5.41, 5.74) is 4.34. The van der Waals surface area contributed by atoms with Crippen molar-refractivity contribution in [2.75, 3.05) is 7.05 Å². The summed E-state index contributed by atoms with van der Waals surface area (Å²) in [5.74, 6) is -0.344. The molecule has 2 aromatic heterocycles. The van der Waals surface area contributed by atoms with E-state index >= 15 is 0 Å². The Labute approximate surface area is 191 Å². The molecule has 3 heterocycles. The zero-order valence-corrected chi connectivity index (χ0v) is 18.3. The first-order valence-electron chi connectivity index (χ1n) is 10.3. The zero-order chi connectivity index (χ0) is 21.9. The number of carbonyl (C=O) groups excluding carboxylic acids is 1. The second kappa shape index (κ2) is 8.33. The molecule has 1 saturated carbocycles. The van der Waals surface area contributed by atoms with Crippen LogP contribution >= 0.6 is 11.6 Å². The van der Waals surface area contributed by atoms with Gasteiger partial charge in [0.25, 0.3) is 5.91 Å². The Morgan fingerprint density at radius 3 is 2.75 bits per heavy atom. The summed E-state index contributed by atoms with van der Waals surface area (Å²) in [5, 5.41) is 8.40. The van der Waals surface area contributed by atoms with Crippen LogP contribution in [0.4, 0.5) is 4.39 Å². The summed E-state index contributed by atoms with van der Waals surface area (Å²) >= 11 is 6.31. The first-order valence-corrected chi connectivity index (χ1v) is 10.7. The molecule has 7 nitrogen and oxygen atoms in total. The van der Waals surface area contributed by atoms with Crippen LogP contribution in [0.15, 0.2) is 18.2 Å². The van der Waals surface area contributed by atoms with E-state index in [4.69, 9.17) is 16.3 Å². The van der Waals surface area contributed by atoms with Crippen molar-refractivity contribution in [1.29, 1.82) is 0 Å². The van der Waals surface area contributed by atoms with Crippen LogP contribution in [0.1, 0.15) is 53.3 Å². The van der Waals surface area contributed by atoms with Crippen molar-refractivity contribution in [3.63, 3.8) is 0 Å². The Balaban J connectivity index is 0.00000245. The van der Waals surface area contributed by atoms with Crippen LogP contribution in [0.25, 0.3) is 5.65 Å². The Hall–Kier alpha value is -2.71. The number of carbonyl (C=O) groups is 1. The minimum Gasteiger partial charge on any atom is -0.489 e. The third-order valence-corrected chi connectivity index (χ3v) is 6.76. The van der Waals surface area contributed by atoms with Gasteiger partial charge in [0.15, 0.2) is 5.65 Å². The molecule has 5 rings (SSSR count). The summed E-state index contributed by atoms with van der Waals surface area (Å²) in [7, 11) is 1.91. The summed E-state index contributed by atoms with van der Waals surface area (Å²) in [4.78, 5) is 19.6. The summed E-state index contributed by atoms with van der Waals surface area (Å²) in [6.45, 7) is 4.49. The maximum atomic E-state index is 13.9. The molecule has 1 fully saturated rings. The molecule has 32 heavy (non-hydrogen) atoms. The van der Waals surface area contributed by atoms with Gasteiger partial charge in [-0.2, -0.15) is 5.10 Å². The Morgan fingerprint density at radius 1 is 1.28 bits per heavy atom. The van der Waals surface area contributed by atoms with Gasteiger partial charge in [-0.3, -0.25) is 4.79 Å². The smallest absolute Gasteiger partial charge is 0.258 e. The van der Waals surface area contributed by atoms with Crippen LogP contribution in [-0.2, 0) is 13.1 Å². The van der Waals surface area contributed by atoms with Gasteiger partial charge < -0.3 is 15.0 Å². The molecule has 1 amide bonds. The number of hydrogen-bond acceptors (Lipinski definition) is 5. The van der Waals surface area contributed by atoms with Gasteiger partial charge in [0.1, 0.15) is 17.7 Å². The lowest BCUT2D eigenvalue weighted by Crippen LogP contribution is -2.45. The Bertz CT molecular complexity index is 1210. The van der Waals surface area contributed by atoms with Crippen molar-refractivity contribution < 1.29 is 13.9 Å². The molecule has 0 radical (unpaired) electrons. The third-order valence-electron chi connectivity index (χ3n) is 6.21. The van der Waals surface area contributed by atoms with E-state index in [0.29, 0.717) is 41.1 Å². The van der Waals surface area contributed by atoms with Crippen molar-refractivity contribution in [3.8, 4) is 5.75 Å². The lowest BCUT2D eigenvalue weighted by Gasteiger charge is -2.35. The predicted molar refractivity (Wildman–Crippen MR) is 121 cm³/mol. The van der Waals surface area contributed by atoms with E-state index in [1.807, 2.05) is 20.9 Å². The Kier molecular flexibility index (Phi) is 5.85. The molecule has 1 aliphatic heterocycles. The predicted octanol–water partition coefficient (Wildman–Crippen LogP) is 4.06. The van der Waals surface area contributed by atoms with E-state index in [0.717, 1.165) is 35.5 Å². The van der Waals surface area contributed by atoms with Crippen molar-refractivity contribution >= 4 is 23.2 Å². The number of halogens is 2. The highest BCUT2D eigenvalue weighted by Gasteiger charge is 2.34. The van der Waals surface area contributed by atoms with Gasteiger partial charge in [-0.1, -0.05) is 19.0 Å². The second-order valence-corrected chi connectivity index (χ2v) is 8.63. The number of benzene rings is 1. The molecule has 0 atom stereocenters. The van der Waals surface area contributed by atoms with Crippen molar-refractivity contribution in [1.82, 2.24) is 24.8 Å². The van der Waals surface area contributed by atoms with Gasteiger partial charge in [-0.25, -0.2) is 13.9 Å². The van der Waals surface area contributed by atoms with Crippen LogP contribution in [0.5, 0.6) is 5.75 Å². The zero-order valence-electron chi connectivity index (χ0n) is 17.6. The van der Waals surface area contributed by atoms with Gasteiger partial charge in [0, 0.05) is 17.7 Å². The Morgan fingerprint density at radius 2 is 2.03 bits per heavy atom. The highest BCUT2D eigenvalue weighted by molar-refractivity contribution is 6.31. The normalized spacial score (nSPS) is 19.5. The molecule has 3 aromatic rings. The average Bonchev–Trinajstić information content (AvgIpc) is 3.27. The number of hydrogen-bond donors (Lipinski definition) is 1. The number of fused-ring (bicyclic) bond motifs is 3. The third kappa shape index (κ3) is 3.61. The van der Waals surface area contributed by atoms with E-state index < -0.39 is 5.82 Å². The molecule has 0 spiro atoms. The molecule has 1 aliphatic carbocycles. The van der Waals surface area contributed by atoms with Gasteiger partial charge in [-0.05, 0) is 45.9 Å². The van der Waals surface area contributed by atoms with Crippen LogP contribution in [0.2, 0.25) is 5.02 Å². The van der Waals surface area contributed by atoms with Crippen LogP contribution in [0.3, 0.4) is 0 Å². The molecule has 170 valence electrons. The van der Waals surface area contributed by atoms with E-state index in [-0.39, 0.29) is 19.4 Å². The molecule has 2 aliphatic rings. The topological polar surface area (TPSA) is 71.8 Å². The number of nitrogens with one attached hydrogen (secondary N) is 1.